The molecule has 2 heterocycles. The summed E-state index contributed by atoms with van der Waals surface area (Å²) in [5, 5.41) is 0.771. The second-order valence-corrected chi connectivity index (χ2v) is 10.2. The van der Waals surface area contributed by atoms with Gasteiger partial charge in [-0.25, -0.2) is 0 Å². The second-order valence-electron chi connectivity index (χ2n) is 8.01. The Morgan fingerprint density at radius 1 is 0.871 bits per heavy atom. The van der Waals surface area contributed by atoms with E-state index in [9.17, 15) is 4.79 Å². The SMILES string of the molecule is COc1cc2[se]n(CCCCN3CCN(Cc4ccccc4)CC3)c(=O)c2cc1OC. The molecule has 0 unspecified atom stereocenters. The minimum absolute atomic E-state index is 0.0228. The number of ether oxygens (including phenoxy) is 2. The van der Waals surface area contributed by atoms with Crippen molar-refractivity contribution in [1.29, 1.82) is 0 Å². The Balaban J connectivity index is 1.23. The normalized spacial score (nSPS) is 15.4. The molecule has 0 amide bonds. The van der Waals surface area contributed by atoms with Crippen LogP contribution in [-0.4, -0.2) is 75.0 Å². The fraction of sp³-hybridized carbons (Fsp3) is 0.458. The van der Waals surface area contributed by atoms with Crippen molar-refractivity contribution in [2.24, 2.45) is 0 Å². The van der Waals surface area contributed by atoms with Crippen molar-refractivity contribution in [1.82, 2.24) is 13.4 Å². The van der Waals surface area contributed by atoms with Crippen LogP contribution in [0.2, 0.25) is 0 Å². The molecule has 1 saturated heterocycles. The zero-order chi connectivity index (χ0) is 21.6. The maximum absolute atomic E-state index is 12.8. The Morgan fingerprint density at radius 3 is 2.23 bits per heavy atom. The van der Waals surface area contributed by atoms with Crippen molar-refractivity contribution in [2.75, 3.05) is 46.9 Å². The van der Waals surface area contributed by atoms with Crippen LogP contribution in [0.15, 0.2) is 47.3 Å². The molecule has 0 radical (unpaired) electrons. The Bertz CT molecular complexity index is 1040. The van der Waals surface area contributed by atoms with Gasteiger partial charge in [0.25, 0.3) is 0 Å². The average Bonchev–Trinajstić information content (AvgIpc) is 3.12. The molecule has 1 aromatic heterocycles. The molecule has 1 aliphatic heterocycles. The Hall–Kier alpha value is -2.05. The third kappa shape index (κ3) is 5.42. The van der Waals surface area contributed by atoms with Gasteiger partial charge in [-0.05, 0) is 0 Å². The summed E-state index contributed by atoms with van der Waals surface area (Å²) in [6, 6.07) is 14.5. The number of aromatic nitrogens is 1. The topological polar surface area (TPSA) is 46.9 Å². The Labute approximate surface area is 189 Å². The van der Waals surface area contributed by atoms with E-state index in [-0.39, 0.29) is 20.3 Å². The molecule has 0 aliphatic carbocycles. The monoisotopic (exact) mass is 489 g/mol. The van der Waals surface area contributed by atoms with Crippen LogP contribution in [0.25, 0.3) is 9.65 Å². The van der Waals surface area contributed by atoms with Gasteiger partial charge in [0.1, 0.15) is 0 Å². The third-order valence-electron chi connectivity index (χ3n) is 5.95. The molecule has 2 aromatic carbocycles. The number of benzene rings is 2. The number of unbranched alkanes of at least 4 members (excludes halogenated alkanes) is 1. The first kappa shape index (κ1) is 22.2. The van der Waals surface area contributed by atoms with E-state index in [1.807, 2.05) is 15.7 Å². The van der Waals surface area contributed by atoms with E-state index < -0.39 is 0 Å². The van der Waals surface area contributed by atoms with Gasteiger partial charge in [0.2, 0.25) is 0 Å². The zero-order valence-corrected chi connectivity index (χ0v) is 20.1. The molecular weight excluding hydrogens is 457 g/mol. The van der Waals surface area contributed by atoms with Crippen LogP contribution in [0.1, 0.15) is 18.4 Å². The number of hydrogen-bond acceptors (Lipinski definition) is 5. The van der Waals surface area contributed by atoms with Gasteiger partial charge in [-0.2, -0.15) is 0 Å². The van der Waals surface area contributed by atoms with Gasteiger partial charge in [0, 0.05) is 0 Å². The van der Waals surface area contributed by atoms with E-state index in [2.05, 4.69) is 40.1 Å². The number of methoxy groups -OCH3 is 2. The molecule has 1 aliphatic rings. The molecule has 0 saturated carbocycles. The van der Waals surface area contributed by atoms with Crippen LogP contribution in [0.5, 0.6) is 11.5 Å². The quantitative estimate of drug-likeness (QED) is 0.343. The summed E-state index contributed by atoms with van der Waals surface area (Å²) in [7, 11) is 3.24. The second kappa shape index (κ2) is 10.5. The van der Waals surface area contributed by atoms with Crippen LogP contribution in [0, 0.1) is 0 Å². The molecule has 0 atom stereocenters. The van der Waals surface area contributed by atoms with Gasteiger partial charge >= 0.3 is 172 Å². The molecule has 0 spiro atoms. The van der Waals surface area contributed by atoms with E-state index in [1.54, 1.807) is 14.2 Å². The summed E-state index contributed by atoms with van der Waals surface area (Å²) in [6.45, 7) is 7.50. The van der Waals surface area contributed by atoms with Gasteiger partial charge in [0.15, 0.2) is 0 Å². The van der Waals surface area contributed by atoms with Gasteiger partial charge in [-0.3, -0.25) is 0 Å². The van der Waals surface area contributed by atoms with Crippen molar-refractivity contribution >= 4 is 24.4 Å². The molecule has 1 fully saturated rings. The summed E-state index contributed by atoms with van der Waals surface area (Å²) in [5.41, 5.74) is 1.52. The predicted octanol–water partition coefficient (Wildman–Crippen LogP) is 2.67. The summed E-state index contributed by atoms with van der Waals surface area (Å²) < 4.78 is 13.8. The fourth-order valence-electron chi connectivity index (χ4n) is 4.15. The van der Waals surface area contributed by atoms with Crippen molar-refractivity contribution in [3.05, 3.63) is 58.4 Å². The summed E-state index contributed by atoms with van der Waals surface area (Å²) in [6.07, 6.45) is 2.17. The van der Waals surface area contributed by atoms with E-state index in [1.165, 1.54) is 5.56 Å². The third-order valence-corrected chi connectivity index (χ3v) is 8.27. The minimum atomic E-state index is 0.0228. The summed E-state index contributed by atoms with van der Waals surface area (Å²) in [4.78, 5) is 17.9. The van der Waals surface area contributed by atoms with Crippen LogP contribution in [0.3, 0.4) is 0 Å². The van der Waals surface area contributed by atoms with E-state index in [0.29, 0.717) is 11.5 Å². The summed E-state index contributed by atoms with van der Waals surface area (Å²) in [5.74, 6) is 1.32. The van der Waals surface area contributed by atoms with Gasteiger partial charge < -0.3 is 0 Å². The van der Waals surface area contributed by atoms with E-state index in [4.69, 9.17) is 9.47 Å². The number of piperazine rings is 1. The first-order valence-corrected chi connectivity index (χ1v) is 12.5. The van der Waals surface area contributed by atoms with E-state index in [0.717, 1.165) is 68.3 Å². The number of rotatable bonds is 9. The number of hydrogen-bond donors (Lipinski definition) is 0. The number of nitrogens with zero attached hydrogens (tertiary/aromatic N) is 3. The molecule has 0 bridgehead atoms. The Morgan fingerprint density at radius 2 is 1.52 bits per heavy atom. The zero-order valence-electron chi connectivity index (χ0n) is 18.4. The molecule has 3 aromatic rings. The Kier molecular flexibility index (Phi) is 7.51. The first-order valence-electron chi connectivity index (χ1n) is 10.9. The first-order chi connectivity index (χ1) is 15.2. The van der Waals surface area contributed by atoms with Crippen LogP contribution >= 0.6 is 0 Å². The van der Waals surface area contributed by atoms with Gasteiger partial charge in [-0.1, -0.05) is 18.2 Å². The van der Waals surface area contributed by atoms with Crippen LogP contribution in [-0.2, 0) is 13.1 Å². The van der Waals surface area contributed by atoms with E-state index >= 15 is 0 Å². The van der Waals surface area contributed by atoms with Crippen molar-refractivity contribution in [3.8, 4) is 11.5 Å². The van der Waals surface area contributed by atoms with Crippen LogP contribution in [0.4, 0.5) is 0 Å². The van der Waals surface area contributed by atoms with Crippen LogP contribution < -0.4 is 15.0 Å². The predicted molar refractivity (Wildman–Crippen MR) is 126 cm³/mol. The fourth-order valence-corrected chi connectivity index (χ4v) is 6.34. The molecule has 31 heavy (non-hydrogen) atoms. The molecular formula is C24H31N3O3Se. The average molecular weight is 488 g/mol. The molecule has 0 N–H and O–H groups in total. The van der Waals surface area contributed by atoms with Gasteiger partial charge in [0.05, 0.1) is 0 Å². The standard InChI is InChI=1S/C24H31N3O3Se/c1-29-21-16-20-23(17-22(21)30-2)31-27(24(20)28)11-7-6-10-25-12-14-26(15-13-25)18-19-8-4-3-5-9-19/h3-5,8-9,16-17H,6-7,10-15,18H2,1-2H3. The number of fused-ring (bicyclic) bond motifs is 1. The number of aryl methyl sites for hydroxylation is 1. The van der Waals surface area contributed by atoms with Crippen molar-refractivity contribution in [2.45, 2.75) is 25.9 Å². The molecule has 7 heteroatoms. The molecule has 166 valence electrons. The maximum atomic E-state index is 12.8. The van der Waals surface area contributed by atoms with Crippen molar-refractivity contribution in [3.63, 3.8) is 0 Å². The summed E-state index contributed by atoms with van der Waals surface area (Å²) >= 11 is 0.0228. The van der Waals surface area contributed by atoms with Gasteiger partial charge in [-0.15, -0.1) is 0 Å². The molecule has 6 nitrogen and oxygen atoms in total. The molecule has 4 rings (SSSR count). The van der Waals surface area contributed by atoms with Crippen molar-refractivity contribution < 1.29 is 9.47 Å².